The lowest BCUT2D eigenvalue weighted by Crippen LogP contribution is -2.22. The van der Waals surface area contributed by atoms with Crippen LogP contribution in [0.25, 0.3) is 0 Å². The van der Waals surface area contributed by atoms with Gasteiger partial charge in [-0.3, -0.25) is 9.67 Å². The Hall–Kier alpha value is -1.10. The van der Waals surface area contributed by atoms with Gasteiger partial charge in [-0.2, -0.15) is 5.10 Å². The summed E-state index contributed by atoms with van der Waals surface area (Å²) in [6.07, 6.45) is 6.02. The fraction of sp³-hybridized carbons (Fsp3) is 0.385. The van der Waals surface area contributed by atoms with Crippen molar-refractivity contribution in [2.45, 2.75) is 25.9 Å². The third kappa shape index (κ3) is 2.91. The normalized spacial score (nSPS) is 12.6. The largest absolute Gasteiger partial charge is 0.308 e. The molecule has 1 atom stereocenters. The van der Waals surface area contributed by atoms with Gasteiger partial charge >= 0.3 is 0 Å². The summed E-state index contributed by atoms with van der Waals surface area (Å²) in [6, 6.07) is 1.79. The van der Waals surface area contributed by atoms with Crippen LogP contribution in [-0.2, 0) is 6.54 Å². The van der Waals surface area contributed by atoms with Crippen LogP contribution >= 0.6 is 23.2 Å². The van der Waals surface area contributed by atoms with Crippen molar-refractivity contribution in [1.29, 1.82) is 0 Å². The summed E-state index contributed by atoms with van der Waals surface area (Å²) < 4.78 is 1.92. The van der Waals surface area contributed by atoms with E-state index >= 15 is 0 Å². The fourth-order valence-electron chi connectivity index (χ4n) is 2.11. The van der Waals surface area contributed by atoms with E-state index in [2.05, 4.69) is 22.3 Å². The zero-order chi connectivity index (χ0) is 13.8. The third-order valence-corrected chi connectivity index (χ3v) is 3.55. The second-order valence-electron chi connectivity index (χ2n) is 4.22. The van der Waals surface area contributed by atoms with E-state index in [0.717, 1.165) is 24.2 Å². The van der Waals surface area contributed by atoms with Gasteiger partial charge < -0.3 is 5.32 Å². The molecule has 2 heterocycles. The van der Waals surface area contributed by atoms with Gasteiger partial charge in [0.2, 0.25) is 0 Å². The van der Waals surface area contributed by atoms with E-state index in [4.69, 9.17) is 23.2 Å². The third-order valence-electron chi connectivity index (χ3n) is 2.95. The Balaban J connectivity index is 2.48. The first-order valence-electron chi connectivity index (χ1n) is 6.16. The molecule has 0 aliphatic heterocycles. The first-order chi connectivity index (χ1) is 9.19. The highest BCUT2D eigenvalue weighted by Crippen LogP contribution is 2.31. The molecule has 0 aromatic carbocycles. The Kier molecular flexibility index (Phi) is 4.80. The average Bonchev–Trinajstić information content (AvgIpc) is 2.75. The lowest BCUT2D eigenvalue weighted by atomic mass is 10.1. The molecule has 0 amide bonds. The maximum absolute atomic E-state index is 6.27. The van der Waals surface area contributed by atoms with Crippen LogP contribution in [0.15, 0.2) is 24.7 Å². The van der Waals surface area contributed by atoms with E-state index in [1.165, 1.54) is 0 Å². The van der Waals surface area contributed by atoms with E-state index < -0.39 is 0 Å². The van der Waals surface area contributed by atoms with E-state index in [1.807, 2.05) is 17.8 Å². The molecule has 2 aromatic heterocycles. The Morgan fingerprint density at radius 3 is 2.74 bits per heavy atom. The predicted octanol–water partition coefficient (Wildman–Crippen LogP) is 3.30. The van der Waals surface area contributed by atoms with Crippen LogP contribution < -0.4 is 5.32 Å². The van der Waals surface area contributed by atoms with Crippen molar-refractivity contribution >= 4 is 23.2 Å². The highest BCUT2D eigenvalue weighted by atomic mass is 35.5. The molecule has 19 heavy (non-hydrogen) atoms. The first kappa shape index (κ1) is 14.3. The molecule has 0 aliphatic carbocycles. The molecule has 1 N–H and O–H groups in total. The average molecular weight is 299 g/mol. The van der Waals surface area contributed by atoms with Crippen LogP contribution in [0.2, 0.25) is 10.0 Å². The number of nitrogens with zero attached hydrogens (tertiary/aromatic N) is 3. The van der Waals surface area contributed by atoms with Crippen LogP contribution in [0.4, 0.5) is 0 Å². The van der Waals surface area contributed by atoms with E-state index in [-0.39, 0.29) is 6.04 Å². The Bertz CT molecular complexity index is 553. The maximum Gasteiger partial charge on any atom is 0.0837 e. The van der Waals surface area contributed by atoms with E-state index in [0.29, 0.717) is 10.0 Å². The molecule has 0 radical (unpaired) electrons. The molecule has 4 nitrogen and oxygen atoms in total. The molecule has 2 aromatic rings. The lowest BCUT2D eigenvalue weighted by molar-refractivity contribution is 0.534. The topological polar surface area (TPSA) is 42.7 Å². The molecule has 0 spiro atoms. The van der Waals surface area contributed by atoms with Gasteiger partial charge in [0.15, 0.2) is 0 Å². The minimum absolute atomic E-state index is 0.1000. The van der Waals surface area contributed by atoms with Crippen molar-refractivity contribution < 1.29 is 0 Å². The van der Waals surface area contributed by atoms with Crippen molar-refractivity contribution in [3.05, 3.63) is 46.0 Å². The summed E-state index contributed by atoms with van der Waals surface area (Å²) in [5.74, 6) is 0. The number of aryl methyl sites for hydroxylation is 1. The summed E-state index contributed by atoms with van der Waals surface area (Å²) in [7, 11) is 1.88. The van der Waals surface area contributed by atoms with Crippen molar-refractivity contribution in [1.82, 2.24) is 20.1 Å². The second kappa shape index (κ2) is 6.37. The predicted molar refractivity (Wildman–Crippen MR) is 77.7 cm³/mol. The standard InChI is InChI=1S/C13H16Cl2N4/c1-3-6-19-13(11(15)8-18-19)12(16-2)9-4-5-17-7-10(9)14/h4-5,7-8,12,16H,3,6H2,1-2H3. The second-order valence-corrected chi connectivity index (χ2v) is 5.03. The molecule has 0 fully saturated rings. The molecular weight excluding hydrogens is 283 g/mol. The lowest BCUT2D eigenvalue weighted by Gasteiger charge is -2.19. The highest BCUT2D eigenvalue weighted by Gasteiger charge is 2.22. The van der Waals surface area contributed by atoms with Gasteiger partial charge in [0.25, 0.3) is 0 Å². The molecule has 0 saturated carbocycles. The molecular formula is C13H16Cl2N4. The summed E-state index contributed by atoms with van der Waals surface area (Å²) in [5.41, 5.74) is 1.87. The monoisotopic (exact) mass is 298 g/mol. The van der Waals surface area contributed by atoms with Gasteiger partial charge in [0, 0.05) is 18.9 Å². The molecule has 6 heteroatoms. The van der Waals surface area contributed by atoms with Crippen LogP contribution in [0.1, 0.15) is 30.6 Å². The van der Waals surface area contributed by atoms with Crippen LogP contribution in [0.3, 0.4) is 0 Å². The van der Waals surface area contributed by atoms with Gasteiger partial charge in [-0.1, -0.05) is 30.1 Å². The molecule has 0 aliphatic rings. The fourth-order valence-corrected chi connectivity index (χ4v) is 2.59. The van der Waals surface area contributed by atoms with Crippen molar-refractivity contribution in [3.63, 3.8) is 0 Å². The number of aromatic nitrogens is 3. The summed E-state index contributed by atoms with van der Waals surface area (Å²) in [6.45, 7) is 2.93. The Morgan fingerprint density at radius 1 is 1.32 bits per heavy atom. The Labute approximate surface area is 122 Å². The zero-order valence-corrected chi connectivity index (χ0v) is 12.4. The van der Waals surface area contributed by atoms with E-state index in [1.54, 1.807) is 18.6 Å². The van der Waals surface area contributed by atoms with Crippen molar-refractivity contribution in [2.24, 2.45) is 0 Å². The number of rotatable bonds is 5. The first-order valence-corrected chi connectivity index (χ1v) is 6.92. The zero-order valence-electron chi connectivity index (χ0n) is 10.9. The van der Waals surface area contributed by atoms with Crippen LogP contribution in [0.5, 0.6) is 0 Å². The molecule has 0 bridgehead atoms. The quantitative estimate of drug-likeness (QED) is 0.921. The minimum Gasteiger partial charge on any atom is -0.308 e. The highest BCUT2D eigenvalue weighted by molar-refractivity contribution is 6.32. The van der Waals surface area contributed by atoms with Gasteiger partial charge in [-0.15, -0.1) is 0 Å². The summed E-state index contributed by atoms with van der Waals surface area (Å²) >= 11 is 12.5. The van der Waals surface area contributed by atoms with Gasteiger partial charge in [0.05, 0.1) is 28.0 Å². The van der Waals surface area contributed by atoms with E-state index in [9.17, 15) is 0 Å². The van der Waals surface area contributed by atoms with Gasteiger partial charge in [-0.25, -0.2) is 0 Å². The molecule has 2 rings (SSSR count). The minimum atomic E-state index is -0.1000. The number of hydrogen-bond acceptors (Lipinski definition) is 3. The van der Waals surface area contributed by atoms with Crippen LogP contribution in [0, 0.1) is 0 Å². The molecule has 1 unspecified atom stereocenters. The maximum atomic E-state index is 6.27. The van der Waals surface area contributed by atoms with Crippen molar-refractivity contribution in [2.75, 3.05) is 7.05 Å². The number of nitrogens with one attached hydrogen (secondary N) is 1. The van der Waals surface area contributed by atoms with Crippen LogP contribution in [-0.4, -0.2) is 21.8 Å². The Morgan fingerprint density at radius 2 is 2.11 bits per heavy atom. The number of pyridine rings is 1. The number of halogens is 2. The van der Waals surface area contributed by atoms with Gasteiger partial charge in [0.1, 0.15) is 0 Å². The molecule has 0 saturated heterocycles. The SMILES string of the molecule is CCCn1ncc(Cl)c1C(NC)c1ccncc1Cl. The summed E-state index contributed by atoms with van der Waals surface area (Å²) in [4.78, 5) is 4.01. The molecule has 102 valence electrons. The van der Waals surface area contributed by atoms with Crippen molar-refractivity contribution in [3.8, 4) is 0 Å². The number of hydrogen-bond donors (Lipinski definition) is 1. The van der Waals surface area contributed by atoms with Gasteiger partial charge in [-0.05, 0) is 25.1 Å². The smallest absolute Gasteiger partial charge is 0.0837 e. The summed E-state index contributed by atoms with van der Waals surface area (Å²) in [5, 5.41) is 8.81.